The number of hydrogen-bond acceptors (Lipinski definition) is 17. The zero-order chi connectivity index (χ0) is 64.7. The summed E-state index contributed by atoms with van der Waals surface area (Å²) in [6, 6.07) is 4.32. The Balaban J connectivity index is 1.15. The van der Waals surface area contributed by atoms with E-state index in [0.29, 0.717) is 49.7 Å². The van der Waals surface area contributed by atoms with Crippen LogP contribution in [-0.4, -0.2) is 148 Å². The Morgan fingerprint density at radius 3 is 2.24 bits per heavy atom. The van der Waals surface area contributed by atoms with Crippen LogP contribution in [0.5, 0.6) is 0 Å². The number of aryl methyl sites for hydroxylation is 1. The summed E-state index contributed by atoms with van der Waals surface area (Å²) < 4.78 is 24.1. The highest BCUT2D eigenvalue weighted by Crippen LogP contribution is 2.45. The van der Waals surface area contributed by atoms with Crippen molar-refractivity contribution in [3.63, 3.8) is 0 Å². The fourth-order valence-corrected chi connectivity index (χ4v) is 12.8. The van der Waals surface area contributed by atoms with Crippen LogP contribution in [0.3, 0.4) is 0 Å². The number of fused-ring (bicyclic) bond motifs is 1. The number of Topliss-reactive ketones (excluding diaryl/α,β-unsaturated/α-hetero) is 3. The first-order chi connectivity index (χ1) is 40.7. The molecule has 3 fully saturated rings. The van der Waals surface area contributed by atoms with Gasteiger partial charge in [-0.3, -0.25) is 33.6 Å². The van der Waals surface area contributed by atoms with E-state index < -0.39 is 94.8 Å². The number of thiazole rings is 1. The first kappa shape index (κ1) is 71.8. The monoisotopic (exact) mass is 1230 g/mol. The number of rotatable bonds is 25. The summed E-state index contributed by atoms with van der Waals surface area (Å²) in [7, 11) is 1.45. The van der Waals surface area contributed by atoms with E-state index in [9.17, 15) is 48.3 Å². The highest BCUT2D eigenvalue weighted by molar-refractivity contribution is 7.12. The number of primary amides is 1. The van der Waals surface area contributed by atoms with Gasteiger partial charge in [0.15, 0.2) is 5.78 Å². The Bertz CT molecular complexity index is 2750. The number of ketones is 3. The van der Waals surface area contributed by atoms with E-state index in [2.05, 4.69) is 20.5 Å². The second-order valence-electron chi connectivity index (χ2n) is 26.7. The molecule has 1 aromatic carbocycles. The number of aliphatic hydroxyl groups excluding tert-OH is 1. The minimum absolute atomic E-state index is 0.00942. The second-order valence-corrected chi connectivity index (χ2v) is 27.9. The fourth-order valence-electron chi connectivity index (χ4n) is 12.0. The van der Waals surface area contributed by atoms with Crippen LogP contribution in [0, 0.1) is 47.3 Å². The number of benzene rings is 1. The van der Waals surface area contributed by atoms with Gasteiger partial charge in [-0.25, -0.2) is 14.6 Å². The molecule has 10 atom stereocenters. The molecule has 2 aromatic rings. The summed E-state index contributed by atoms with van der Waals surface area (Å²) >= 11 is 1.52. The highest BCUT2D eigenvalue weighted by Gasteiger charge is 2.53. The number of piperidine rings is 1. The summed E-state index contributed by atoms with van der Waals surface area (Å²) in [5.74, 6) is -4.67. The summed E-state index contributed by atoms with van der Waals surface area (Å²) in [5, 5.41) is 18.0. The minimum atomic E-state index is -1.46. The largest absolute Gasteiger partial charge is 0.461 e. The maximum Gasteiger partial charge on any atom is 0.328 e. The molecule has 87 heavy (non-hydrogen) atoms. The van der Waals surface area contributed by atoms with Crippen molar-refractivity contribution >= 4 is 70.5 Å². The molecule has 5 rings (SSSR count). The Morgan fingerprint density at radius 2 is 1.63 bits per heavy atom. The van der Waals surface area contributed by atoms with Crippen LogP contribution in [0.1, 0.15) is 181 Å². The van der Waals surface area contributed by atoms with Crippen molar-refractivity contribution in [3.8, 4) is 0 Å². The lowest BCUT2D eigenvalue weighted by Crippen LogP contribution is -2.50. The van der Waals surface area contributed by atoms with Crippen LogP contribution in [0.4, 0.5) is 4.79 Å². The number of hydrogen-bond donors (Lipinski definition) is 4. The Kier molecular flexibility index (Phi) is 26.4. The lowest BCUT2D eigenvalue weighted by atomic mass is 9.72. The number of nitrogens with zero attached hydrogens (tertiary/aromatic N) is 3. The maximum absolute atomic E-state index is 14.5. The van der Waals surface area contributed by atoms with Gasteiger partial charge in [-0.05, 0) is 140 Å². The van der Waals surface area contributed by atoms with Crippen LogP contribution in [-0.2, 0) is 70.3 Å². The zero-order valence-corrected chi connectivity index (χ0v) is 54.9. The lowest BCUT2D eigenvalue weighted by molar-refractivity contribution is -0.168. The number of likely N-dealkylation sites (tertiary alicyclic amines) is 1. The molecule has 0 unspecified atom stereocenters. The van der Waals surface area contributed by atoms with Gasteiger partial charge in [-0.1, -0.05) is 86.1 Å². The lowest BCUT2D eigenvalue weighted by Gasteiger charge is -2.37. The molecule has 3 aliphatic heterocycles. The summed E-state index contributed by atoms with van der Waals surface area (Å²) in [4.78, 5) is 129. The molecule has 0 spiro atoms. The fraction of sp³-hybridized carbons (Fsp3) is 0.697. The molecule has 3 saturated heterocycles. The van der Waals surface area contributed by atoms with E-state index in [-0.39, 0.29) is 79.7 Å². The van der Waals surface area contributed by atoms with Crippen molar-refractivity contribution in [1.82, 2.24) is 25.4 Å². The van der Waals surface area contributed by atoms with E-state index in [4.69, 9.17) is 24.7 Å². The minimum Gasteiger partial charge on any atom is -0.461 e. The number of amides is 4. The Morgan fingerprint density at radius 1 is 0.977 bits per heavy atom. The molecule has 20 nitrogen and oxygen atoms in total. The predicted octanol–water partition coefficient (Wildman–Crippen LogP) is 8.43. The average Bonchev–Trinajstić information content (AvgIpc) is 2.04. The third-order valence-electron chi connectivity index (χ3n) is 18.3. The van der Waals surface area contributed by atoms with Gasteiger partial charge in [0.05, 0.1) is 58.4 Å². The second kappa shape index (κ2) is 32.0. The number of carbonyl (C=O) groups excluding carboxylic acids is 9. The van der Waals surface area contributed by atoms with Crippen LogP contribution in [0.15, 0.2) is 36.0 Å². The third-order valence-corrected chi connectivity index (χ3v) is 19.2. The van der Waals surface area contributed by atoms with Gasteiger partial charge in [-0.2, -0.15) is 0 Å². The maximum atomic E-state index is 14.5. The first-order valence-electron chi connectivity index (χ1n) is 31.2. The number of cyclic esters (lactones) is 1. The van der Waals surface area contributed by atoms with Crippen molar-refractivity contribution in [2.24, 2.45) is 46.2 Å². The van der Waals surface area contributed by atoms with E-state index in [1.165, 1.54) is 30.2 Å². The van der Waals surface area contributed by atoms with Gasteiger partial charge < -0.3 is 50.2 Å². The molecule has 5 N–H and O–H groups in total. The quantitative estimate of drug-likeness (QED) is 0.0314. The number of nitrogens with two attached hydrogens (primary N) is 1. The molecule has 0 saturated carbocycles. The summed E-state index contributed by atoms with van der Waals surface area (Å²) in [6.45, 7) is 25.5. The topological polar surface area (TPSA) is 284 Å². The van der Waals surface area contributed by atoms with Crippen molar-refractivity contribution in [2.75, 3.05) is 33.2 Å². The smallest absolute Gasteiger partial charge is 0.328 e. The number of aromatic nitrogens is 1. The molecule has 484 valence electrons. The van der Waals surface area contributed by atoms with Gasteiger partial charge in [0.25, 0.3) is 0 Å². The standard InChI is InChI=1S/C66H100N6O14S/c1-39(2)50(19-17-29-72-30-25-48(26-31-72)44(7)73)60(79)70-51(20-16-28-68-63(67)82)52(74)33-46-21-23-47(24-22-46)38-83-57(77)36-64(9,10)62(81)71(14)43(6)61(80)85-58-40(3)18-15-27-66(13)55(86-66)34-53(41(4)32-49-37-69-45(8)87-49)84-56(76)35-54(75)65(11,12)59(78)42(58)5/h21-24,32,37,39-40,42-43,48,50-51,53-55,58,75H,15-20,25-31,33-36,38H2,1-14H3,(H,70,79)(H3,67,68,82)/b41-32+/t40-,42+,43-,50-,51-,53-,54-,55-,58-,66+/m0/s1. The van der Waals surface area contributed by atoms with Crippen LogP contribution in [0.2, 0.25) is 0 Å². The summed E-state index contributed by atoms with van der Waals surface area (Å²) in [6.07, 6.45) is 5.79. The average molecular weight is 1230 g/mol. The van der Waals surface area contributed by atoms with Crippen molar-refractivity contribution < 1.29 is 67.2 Å². The number of aliphatic hydroxyl groups is 1. The molecular weight excluding hydrogens is 1130 g/mol. The van der Waals surface area contributed by atoms with Gasteiger partial charge in [0, 0.05) is 49.3 Å². The third kappa shape index (κ3) is 21.1. The molecule has 3 aliphatic rings. The van der Waals surface area contributed by atoms with Gasteiger partial charge >= 0.3 is 23.9 Å². The molecule has 0 aliphatic carbocycles. The molecule has 0 bridgehead atoms. The van der Waals surface area contributed by atoms with E-state index in [1.54, 1.807) is 72.0 Å². The molecule has 21 heteroatoms. The molecule has 4 amide bonds. The molecule has 0 radical (unpaired) electrons. The number of likely N-dealkylation sites (N-methyl/N-ethyl adjacent to an activating group) is 1. The van der Waals surface area contributed by atoms with Crippen LogP contribution >= 0.6 is 11.3 Å². The number of epoxide rings is 1. The zero-order valence-electron chi connectivity index (χ0n) is 54.1. The van der Waals surface area contributed by atoms with Crippen molar-refractivity contribution in [3.05, 3.63) is 57.0 Å². The van der Waals surface area contributed by atoms with Crippen molar-refractivity contribution in [2.45, 2.75) is 222 Å². The summed E-state index contributed by atoms with van der Waals surface area (Å²) in [5.41, 5.74) is 4.09. The van der Waals surface area contributed by atoms with Gasteiger partial charge in [0.1, 0.15) is 36.4 Å². The SMILES string of the molecule is CC(=O)C1CCN(CCC[C@H](C(=O)N[C@@H](CCCNC(N)=O)C(=O)Cc2ccc(COC(=O)CC(C)(C)C(=O)N(C)[C@@H](C)C(=O)O[C@H]3[C@@H](C)CCC[C@@]4(C)O[C@H]4C[C@@H](/C(C)=C/c4cnc(C)s4)OC(=O)C[C@H](O)C(C)(C)C(=O)[C@@H]3C)cc2)C(C)C)CC1. The number of urea groups is 1. The normalized spacial score (nSPS) is 24.6. The first-order valence-corrected chi connectivity index (χ1v) is 32.0. The number of nitrogens with one attached hydrogen (secondary N) is 2. The Labute approximate surface area is 519 Å². The van der Waals surface area contributed by atoms with Crippen LogP contribution < -0.4 is 16.4 Å². The molecular formula is C66H100N6O14S. The molecule has 1 aromatic heterocycles. The number of carbonyl (C=O) groups is 9. The number of esters is 3. The van der Waals surface area contributed by atoms with Crippen LogP contribution in [0.25, 0.3) is 6.08 Å². The van der Waals surface area contributed by atoms with Gasteiger partial charge in [0.2, 0.25) is 11.8 Å². The number of ether oxygens (including phenoxy) is 4. The van der Waals surface area contributed by atoms with E-state index in [0.717, 1.165) is 54.4 Å². The molecule has 4 heterocycles. The Hall–Kier alpha value is -5.90. The van der Waals surface area contributed by atoms with E-state index >= 15 is 0 Å². The predicted molar refractivity (Wildman–Crippen MR) is 331 cm³/mol. The van der Waals surface area contributed by atoms with Crippen molar-refractivity contribution in [1.29, 1.82) is 0 Å². The highest BCUT2D eigenvalue weighted by atomic mass is 32.1. The van der Waals surface area contributed by atoms with Gasteiger partial charge in [-0.15, -0.1) is 11.3 Å². The van der Waals surface area contributed by atoms with E-state index in [1.807, 2.05) is 47.6 Å².